The summed E-state index contributed by atoms with van der Waals surface area (Å²) < 4.78 is 8.18. The van der Waals surface area contributed by atoms with Crippen LogP contribution < -0.4 is 10.7 Å². The van der Waals surface area contributed by atoms with Crippen molar-refractivity contribution in [3.05, 3.63) is 100 Å². The number of imidazole rings is 1. The van der Waals surface area contributed by atoms with E-state index in [-0.39, 0.29) is 17.0 Å². The third-order valence-electron chi connectivity index (χ3n) is 5.68. The summed E-state index contributed by atoms with van der Waals surface area (Å²) in [5.41, 5.74) is 4.06. The van der Waals surface area contributed by atoms with Gasteiger partial charge in [0.25, 0.3) is 0 Å². The van der Waals surface area contributed by atoms with Crippen LogP contribution in [0.4, 0.5) is 5.69 Å². The molecule has 2 N–H and O–H groups in total. The Labute approximate surface area is 188 Å². The van der Waals surface area contributed by atoms with Gasteiger partial charge in [0.05, 0.1) is 22.6 Å². The number of fused-ring (bicyclic) bond motifs is 2. The van der Waals surface area contributed by atoms with E-state index in [9.17, 15) is 14.7 Å². The van der Waals surface area contributed by atoms with E-state index in [2.05, 4.69) is 10.3 Å². The maximum Gasteiger partial charge on any atom is 0.337 e. The predicted molar refractivity (Wildman–Crippen MR) is 127 cm³/mol. The van der Waals surface area contributed by atoms with Gasteiger partial charge in [0.1, 0.15) is 17.0 Å². The monoisotopic (exact) mass is 439 g/mol. The molecule has 0 radical (unpaired) electrons. The minimum absolute atomic E-state index is 0.150. The Morgan fingerprint density at radius 1 is 1.12 bits per heavy atom. The molecule has 2 aromatic carbocycles. The highest BCUT2D eigenvalue weighted by Crippen LogP contribution is 2.32. The fourth-order valence-corrected chi connectivity index (χ4v) is 4.14. The fraction of sp³-hybridized carbons (Fsp3) is 0.115. The highest BCUT2D eigenvalue weighted by molar-refractivity contribution is 5.94. The fourth-order valence-electron chi connectivity index (χ4n) is 4.14. The summed E-state index contributed by atoms with van der Waals surface area (Å²) in [4.78, 5) is 29.1. The predicted octanol–water partition coefficient (Wildman–Crippen LogP) is 5.29. The lowest BCUT2D eigenvalue weighted by Crippen LogP contribution is -2.12. The smallest absolute Gasteiger partial charge is 0.337 e. The highest BCUT2D eigenvalue weighted by atomic mass is 16.4. The maximum atomic E-state index is 13.1. The first kappa shape index (κ1) is 20.5. The zero-order valence-corrected chi connectivity index (χ0v) is 18.1. The standard InChI is InChI=1S/C26H21N3O4/c1-15-12-19(16(2)28-21-8-4-3-6-17(21)26(31)32)24-20(13-15)22(30)14-23(33-24)18-7-5-10-29-11-9-27-25(18)29/h3-14,16,28H,1-2H3,(H,31,32)/t16-/m1/s1. The summed E-state index contributed by atoms with van der Waals surface area (Å²) >= 11 is 0. The van der Waals surface area contributed by atoms with Crippen LogP contribution in [0.3, 0.4) is 0 Å². The van der Waals surface area contributed by atoms with Crippen molar-refractivity contribution < 1.29 is 14.3 Å². The molecule has 0 unspecified atom stereocenters. The number of hydrogen-bond donors (Lipinski definition) is 2. The van der Waals surface area contributed by atoms with E-state index >= 15 is 0 Å². The molecule has 0 bridgehead atoms. The zero-order valence-electron chi connectivity index (χ0n) is 18.1. The Balaban J connectivity index is 1.67. The summed E-state index contributed by atoms with van der Waals surface area (Å²) in [5, 5.41) is 13.3. The van der Waals surface area contributed by atoms with Gasteiger partial charge in [-0.2, -0.15) is 0 Å². The van der Waals surface area contributed by atoms with Gasteiger partial charge in [0.15, 0.2) is 5.43 Å². The average Bonchev–Trinajstić information content (AvgIpc) is 3.28. The van der Waals surface area contributed by atoms with Gasteiger partial charge in [0, 0.05) is 35.9 Å². The third kappa shape index (κ3) is 3.63. The van der Waals surface area contributed by atoms with Crippen LogP contribution in [0.15, 0.2) is 82.4 Å². The summed E-state index contributed by atoms with van der Waals surface area (Å²) in [5.74, 6) is -0.589. The quantitative estimate of drug-likeness (QED) is 0.386. The van der Waals surface area contributed by atoms with Crippen molar-refractivity contribution in [3.8, 4) is 11.3 Å². The summed E-state index contributed by atoms with van der Waals surface area (Å²) in [6, 6.07) is 15.4. The van der Waals surface area contributed by atoms with Crippen molar-refractivity contribution in [3.63, 3.8) is 0 Å². The molecule has 0 saturated heterocycles. The number of rotatable bonds is 5. The molecule has 1 atom stereocenters. The Hall–Kier alpha value is -4.39. The number of para-hydroxylation sites is 1. The number of aromatic carboxylic acids is 1. The molecule has 0 spiro atoms. The van der Waals surface area contributed by atoms with E-state index in [1.807, 2.05) is 54.9 Å². The van der Waals surface area contributed by atoms with Crippen LogP contribution in [0.1, 0.15) is 34.5 Å². The molecule has 3 aromatic heterocycles. The van der Waals surface area contributed by atoms with Gasteiger partial charge >= 0.3 is 5.97 Å². The first-order valence-electron chi connectivity index (χ1n) is 10.5. The Kier molecular flexibility index (Phi) is 4.94. The molecule has 0 aliphatic heterocycles. The molecule has 0 aliphatic carbocycles. The van der Waals surface area contributed by atoms with Gasteiger partial charge in [-0.1, -0.05) is 18.2 Å². The number of hydrogen-bond acceptors (Lipinski definition) is 5. The molecular formula is C26H21N3O4. The molecule has 5 aromatic rings. The average molecular weight is 439 g/mol. The number of pyridine rings is 1. The molecule has 164 valence electrons. The second-order valence-electron chi connectivity index (χ2n) is 8.00. The number of carbonyl (C=O) groups is 1. The van der Waals surface area contributed by atoms with Gasteiger partial charge in [0.2, 0.25) is 0 Å². The molecule has 7 nitrogen and oxygen atoms in total. The van der Waals surface area contributed by atoms with Crippen molar-refractivity contribution >= 4 is 28.3 Å². The van der Waals surface area contributed by atoms with Crippen LogP contribution in [0.25, 0.3) is 27.9 Å². The van der Waals surface area contributed by atoms with Crippen molar-refractivity contribution in [1.29, 1.82) is 0 Å². The normalized spacial score (nSPS) is 12.2. The molecule has 33 heavy (non-hydrogen) atoms. The van der Waals surface area contributed by atoms with E-state index in [0.29, 0.717) is 33.6 Å². The molecule has 3 heterocycles. The van der Waals surface area contributed by atoms with Crippen LogP contribution in [-0.4, -0.2) is 20.5 Å². The lowest BCUT2D eigenvalue weighted by atomic mass is 10.00. The van der Waals surface area contributed by atoms with E-state index in [0.717, 1.165) is 11.1 Å². The maximum absolute atomic E-state index is 13.1. The molecule has 0 amide bonds. The number of carboxylic acid groups (broad SMARTS) is 1. The minimum Gasteiger partial charge on any atom is -0.478 e. The lowest BCUT2D eigenvalue weighted by Gasteiger charge is -2.19. The Morgan fingerprint density at radius 2 is 1.94 bits per heavy atom. The Morgan fingerprint density at radius 3 is 2.76 bits per heavy atom. The van der Waals surface area contributed by atoms with E-state index < -0.39 is 5.97 Å². The van der Waals surface area contributed by atoms with Crippen molar-refractivity contribution in [1.82, 2.24) is 9.38 Å². The van der Waals surface area contributed by atoms with Gasteiger partial charge in [-0.15, -0.1) is 0 Å². The zero-order chi connectivity index (χ0) is 23.1. The SMILES string of the molecule is Cc1cc([C@@H](C)Nc2ccccc2C(=O)O)c2oc(-c3cccn4ccnc34)cc(=O)c2c1. The van der Waals surface area contributed by atoms with Crippen LogP contribution >= 0.6 is 0 Å². The van der Waals surface area contributed by atoms with Crippen molar-refractivity contribution in [2.45, 2.75) is 19.9 Å². The third-order valence-corrected chi connectivity index (χ3v) is 5.68. The summed E-state index contributed by atoms with van der Waals surface area (Å²) in [6.45, 7) is 3.83. The number of aryl methyl sites for hydroxylation is 1. The van der Waals surface area contributed by atoms with Gasteiger partial charge in [-0.25, -0.2) is 9.78 Å². The topological polar surface area (TPSA) is 96.8 Å². The first-order valence-corrected chi connectivity index (χ1v) is 10.5. The number of nitrogens with zero attached hydrogens (tertiary/aromatic N) is 2. The van der Waals surface area contributed by atoms with E-state index in [4.69, 9.17) is 4.42 Å². The minimum atomic E-state index is -1.01. The van der Waals surface area contributed by atoms with E-state index in [1.54, 1.807) is 30.5 Å². The number of anilines is 1. The first-order chi connectivity index (χ1) is 15.9. The molecule has 5 rings (SSSR count). The van der Waals surface area contributed by atoms with E-state index in [1.165, 1.54) is 6.07 Å². The molecule has 7 heteroatoms. The molecule has 0 fully saturated rings. The molecular weight excluding hydrogens is 418 g/mol. The molecule has 0 aliphatic rings. The highest BCUT2D eigenvalue weighted by Gasteiger charge is 2.19. The molecule has 0 saturated carbocycles. The van der Waals surface area contributed by atoms with Crippen molar-refractivity contribution in [2.75, 3.05) is 5.32 Å². The summed E-state index contributed by atoms with van der Waals surface area (Å²) in [6.07, 6.45) is 5.41. The van der Waals surface area contributed by atoms with Crippen LogP contribution in [0.2, 0.25) is 0 Å². The number of aromatic nitrogens is 2. The van der Waals surface area contributed by atoms with Gasteiger partial charge in [-0.3, -0.25) is 4.79 Å². The van der Waals surface area contributed by atoms with Crippen LogP contribution in [0, 0.1) is 6.92 Å². The van der Waals surface area contributed by atoms with Crippen molar-refractivity contribution in [2.24, 2.45) is 0 Å². The summed E-state index contributed by atoms with van der Waals surface area (Å²) in [7, 11) is 0. The second kappa shape index (κ2) is 7.94. The lowest BCUT2D eigenvalue weighted by molar-refractivity contribution is 0.0698. The number of benzene rings is 2. The van der Waals surface area contributed by atoms with Gasteiger partial charge < -0.3 is 19.2 Å². The number of nitrogens with one attached hydrogen (secondary N) is 1. The van der Waals surface area contributed by atoms with Crippen LogP contribution in [0.5, 0.6) is 0 Å². The second-order valence-corrected chi connectivity index (χ2v) is 8.00. The largest absolute Gasteiger partial charge is 0.478 e. The van der Waals surface area contributed by atoms with Gasteiger partial charge in [-0.05, 0) is 49.7 Å². The van der Waals surface area contributed by atoms with Crippen LogP contribution in [-0.2, 0) is 0 Å². The number of carboxylic acids is 1. The Bertz CT molecular complexity index is 1580.